The molecule has 1 aromatic heterocycles. The van der Waals surface area contributed by atoms with Gasteiger partial charge in [-0.25, -0.2) is 17.2 Å². The van der Waals surface area contributed by atoms with E-state index < -0.39 is 23.0 Å². The Balaban J connectivity index is 2.94. The van der Waals surface area contributed by atoms with Gasteiger partial charge in [-0.2, -0.15) is 4.31 Å². The van der Waals surface area contributed by atoms with Crippen molar-refractivity contribution in [3.05, 3.63) is 16.3 Å². The average molecular weight is 298 g/mol. The number of halogens is 2. The minimum Gasteiger partial charge on any atom is -0.312 e. The number of sulfonamides is 1. The molecule has 0 saturated carbocycles. The van der Waals surface area contributed by atoms with Crippen LogP contribution < -0.4 is 5.32 Å². The van der Waals surface area contributed by atoms with Crippen molar-refractivity contribution in [2.24, 2.45) is 0 Å². The number of hydrogen-bond donors (Lipinski definition) is 1. The summed E-state index contributed by atoms with van der Waals surface area (Å²) < 4.78 is 49.3. The molecule has 0 amide bonds. The summed E-state index contributed by atoms with van der Waals surface area (Å²) in [6.45, 7) is 2.25. The van der Waals surface area contributed by atoms with E-state index in [1.54, 1.807) is 5.38 Å². The highest BCUT2D eigenvalue weighted by atomic mass is 32.2. The van der Waals surface area contributed by atoms with Gasteiger partial charge < -0.3 is 5.32 Å². The smallest absolute Gasteiger partial charge is 0.252 e. The van der Waals surface area contributed by atoms with Crippen LogP contribution in [0.4, 0.5) is 8.78 Å². The van der Waals surface area contributed by atoms with Crippen molar-refractivity contribution in [3.63, 3.8) is 0 Å². The number of rotatable bonds is 7. The zero-order valence-corrected chi connectivity index (χ0v) is 11.8. The SMILES string of the molecule is CCNCc1sccc1S(=O)(=O)N(C)CC(F)F. The van der Waals surface area contributed by atoms with Gasteiger partial charge in [0.15, 0.2) is 0 Å². The Kier molecular flexibility index (Phi) is 5.64. The second kappa shape index (κ2) is 6.55. The normalized spacial score (nSPS) is 12.6. The van der Waals surface area contributed by atoms with E-state index in [1.165, 1.54) is 17.4 Å². The van der Waals surface area contributed by atoms with Gasteiger partial charge >= 0.3 is 0 Å². The summed E-state index contributed by atoms with van der Waals surface area (Å²) in [5, 5.41) is 4.67. The van der Waals surface area contributed by atoms with Gasteiger partial charge in [-0.05, 0) is 18.0 Å². The molecule has 0 aliphatic carbocycles. The molecule has 18 heavy (non-hydrogen) atoms. The van der Waals surface area contributed by atoms with E-state index in [0.717, 1.165) is 7.05 Å². The van der Waals surface area contributed by atoms with E-state index in [2.05, 4.69) is 5.32 Å². The molecule has 1 aromatic rings. The molecule has 0 atom stereocenters. The topological polar surface area (TPSA) is 49.4 Å². The third kappa shape index (κ3) is 3.71. The maximum Gasteiger partial charge on any atom is 0.252 e. The number of hydrogen-bond acceptors (Lipinski definition) is 4. The van der Waals surface area contributed by atoms with Crippen molar-refractivity contribution >= 4 is 21.4 Å². The van der Waals surface area contributed by atoms with Crippen LogP contribution in [0.1, 0.15) is 11.8 Å². The maximum absolute atomic E-state index is 12.2. The van der Waals surface area contributed by atoms with E-state index in [-0.39, 0.29) is 4.90 Å². The standard InChI is InChI=1S/C10H16F2N2O2S2/c1-3-13-6-8-9(4-5-17-8)18(15,16)14(2)7-10(11)12/h4-5,10,13H,3,6-7H2,1-2H3. The van der Waals surface area contributed by atoms with Crippen LogP contribution in [-0.2, 0) is 16.6 Å². The highest BCUT2D eigenvalue weighted by Gasteiger charge is 2.26. The molecule has 0 saturated heterocycles. The van der Waals surface area contributed by atoms with Crippen molar-refractivity contribution in [1.82, 2.24) is 9.62 Å². The van der Waals surface area contributed by atoms with Crippen LogP contribution in [0.3, 0.4) is 0 Å². The molecule has 1 rings (SSSR count). The summed E-state index contributed by atoms with van der Waals surface area (Å²) in [7, 11) is -2.67. The highest BCUT2D eigenvalue weighted by molar-refractivity contribution is 7.89. The molecule has 0 aliphatic heterocycles. The van der Waals surface area contributed by atoms with Crippen LogP contribution in [0.15, 0.2) is 16.3 Å². The third-order valence-electron chi connectivity index (χ3n) is 2.32. The van der Waals surface area contributed by atoms with Gasteiger partial charge in [-0.1, -0.05) is 6.92 Å². The second-order valence-corrected chi connectivity index (χ2v) is 6.68. The fourth-order valence-electron chi connectivity index (χ4n) is 1.39. The van der Waals surface area contributed by atoms with E-state index in [0.29, 0.717) is 22.3 Å². The fraction of sp³-hybridized carbons (Fsp3) is 0.600. The van der Waals surface area contributed by atoms with Crippen LogP contribution >= 0.6 is 11.3 Å². The first-order valence-electron chi connectivity index (χ1n) is 5.41. The molecule has 4 nitrogen and oxygen atoms in total. The molecule has 0 aliphatic rings. The summed E-state index contributed by atoms with van der Waals surface area (Å²) in [5.41, 5.74) is 0. The predicted octanol–water partition coefficient (Wildman–Crippen LogP) is 1.74. The largest absolute Gasteiger partial charge is 0.312 e. The Bertz CT molecular complexity index is 474. The Morgan fingerprint density at radius 1 is 1.50 bits per heavy atom. The van der Waals surface area contributed by atoms with Gasteiger partial charge in [0.2, 0.25) is 10.0 Å². The molecule has 1 heterocycles. The van der Waals surface area contributed by atoms with E-state index >= 15 is 0 Å². The second-order valence-electron chi connectivity index (χ2n) is 3.66. The van der Waals surface area contributed by atoms with Gasteiger partial charge in [0, 0.05) is 18.5 Å². The van der Waals surface area contributed by atoms with Crippen LogP contribution in [-0.4, -0.2) is 39.3 Å². The van der Waals surface area contributed by atoms with Crippen LogP contribution in [0.2, 0.25) is 0 Å². The zero-order valence-electron chi connectivity index (χ0n) is 10.2. The molecule has 0 spiro atoms. The molecule has 0 bridgehead atoms. The molecule has 0 radical (unpaired) electrons. The van der Waals surface area contributed by atoms with Gasteiger partial charge in [0.25, 0.3) is 6.43 Å². The highest BCUT2D eigenvalue weighted by Crippen LogP contribution is 2.24. The molecule has 0 fully saturated rings. The monoisotopic (exact) mass is 298 g/mol. The lowest BCUT2D eigenvalue weighted by Crippen LogP contribution is -2.32. The summed E-state index contributed by atoms with van der Waals surface area (Å²) in [6.07, 6.45) is -2.68. The number of nitrogens with zero attached hydrogens (tertiary/aromatic N) is 1. The summed E-state index contributed by atoms with van der Waals surface area (Å²) in [5.74, 6) is 0. The Morgan fingerprint density at radius 3 is 2.72 bits per heavy atom. The number of alkyl halides is 2. The fourth-order valence-corrected chi connectivity index (χ4v) is 3.92. The average Bonchev–Trinajstić information content (AvgIpc) is 2.73. The quantitative estimate of drug-likeness (QED) is 0.834. The minimum atomic E-state index is -3.83. The van der Waals surface area contributed by atoms with Crippen LogP contribution in [0.5, 0.6) is 0 Å². The van der Waals surface area contributed by atoms with Gasteiger partial charge in [0.05, 0.1) is 11.4 Å². The van der Waals surface area contributed by atoms with Crippen molar-refractivity contribution in [2.45, 2.75) is 24.8 Å². The number of thiophene rings is 1. The molecule has 0 unspecified atom stereocenters. The van der Waals surface area contributed by atoms with Crippen molar-refractivity contribution in [2.75, 3.05) is 20.1 Å². The molecule has 0 aromatic carbocycles. The Morgan fingerprint density at radius 2 is 2.17 bits per heavy atom. The first-order valence-corrected chi connectivity index (χ1v) is 7.73. The third-order valence-corrected chi connectivity index (χ3v) is 5.28. The van der Waals surface area contributed by atoms with E-state index in [1.807, 2.05) is 6.92 Å². The van der Waals surface area contributed by atoms with Crippen molar-refractivity contribution < 1.29 is 17.2 Å². The Hall–Kier alpha value is -0.570. The first-order chi connectivity index (χ1) is 8.39. The lowest BCUT2D eigenvalue weighted by atomic mass is 10.4. The van der Waals surface area contributed by atoms with E-state index in [9.17, 15) is 17.2 Å². The predicted molar refractivity (Wildman–Crippen MR) is 67.5 cm³/mol. The lowest BCUT2D eigenvalue weighted by Gasteiger charge is -2.16. The van der Waals surface area contributed by atoms with E-state index in [4.69, 9.17) is 0 Å². The molecule has 8 heteroatoms. The maximum atomic E-state index is 12.2. The molecular formula is C10H16F2N2O2S2. The molecule has 1 N–H and O–H groups in total. The molecule has 104 valence electrons. The van der Waals surface area contributed by atoms with Crippen LogP contribution in [0, 0.1) is 0 Å². The summed E-state index contributed by atoms with van der Waals surface area (Å²) in [6, 6.07) is 1.45. The minimum absolute atomic E-state index is 0.108. The van der Waals surface area contributed by atoms with Gasteiger partial charge in [-0.3, -0.25) is 0 Å². The van der Waals surface area contributed by atoms with Crippen molar-refractivity contribution in [3.8, 4) is 0 Å². The Labute approximate surface area is 110 Å². The lowest BCUT2D eigenvalue weighted by molar-refractivity contribution is 0.126. The molecular weight excluding hydrogens is 282 g/mol. The van der Waals surface area contributed by atoms with Crippen molar-refractivity contribution in [1.29, 1.82) is 0 Å². The first kappa shape index (κ1) is 15.5. The van der Waals surface area contributed by atoms with Gasteiger partial charge in [-0.15, -0.1) is 11.3 Å². The van der Waals surface area contributed by atoms with Crippen LogP contribution in [0.25, 0.3) is 0 Å². The summed E-state index contributed by atoms with van der Waals surface area (Å²) >= 11 is 1.30. The summed E-state index contributed by atoms with van der Waals surface area (Å²) in [4.78, 5) is 0.745. The van der Waals surface area contributed by atoms with Gasteiger partial charge in [0.1, 0.15) is 0 Å². The number of nitrogens with one attached hydrogen (secondary N) is 1. The zero-order chi connectivity index (χ0) is 13.8.